The first kappa shape index (κ1) is 42.6. The largest absolute Gasteiger partial charge is 0.309 e. The van der Waals surface area contributed by atoms with Gasteiger partial charge in [-0.05, 0) is 97.5 Å². The fraction of sp³-hybridized carbons (Fsp3) is 0.0435. The second-order valence-electron chi connectivity index (χ2n) is 18.2. The molecule has 0 saturated carbocycles. The summed E-state index contributed by atoms with van der Waals surface area (Å²) in [6, 6.07) is 96.3. The first-order valence-corrected chi connectivity index (χ1v) is 24.3. The van der Waals surface area contributed by atoms with Crippen molar-refractivity contribution in [2.75, 3.05) is 4.90 Å². The van der Waals surface area contributed by atoms with E-state index in [-0.39, 0.29) is 0 Å². The number of hydrogen-bond acceptors (Lipinski definition) is 1. The molecule has 0 fully saturated rings. The number of allylic oxidation sites excluding steroid dienone is 5. The number of nitrogens with zero attached hydrogens (tertiary/aromatic N) is 1. The summed E-state index contributed by atoms with van der Waals surface area (Å²) < 4.78 is 0. The Balaban J connectivity index is 1.20. The van der Waals surface area contributed by atoms with Gasteiger partial charge in [0.25, 0.3) is 0 Å². The maximum atomic E-state index is 4.40. The van der Waals surface area contributed by atoms with Crippen LogP contribution in [-0.2, 0) is 10.8 Å². The zero-order valence-electron chi connectivity index (χ0n) is 39.2. The van der Waals surface area contributed by atoms with Gasteiger partial charge in [-0.3, -0.25) is 0 Å². The summed E-state index contributed by atoms with van der Waals surface area (Å²) >= 11 is 0. The standard InChI is InChI=1S/C69H51N/c1-3-26-62-56(4-2)59-37-20-22-42-63(59)68(62,51-31-14-7-15-32-51)54-45-47-55(48-46-54)70(67-57(49-27-10-5-11-28-49)39-24-40-58(67)50-29-12-6-13-30-50)65-44-25-41-61-60-38-21-23-43-64(60)69(66(61)65,52-33-16-8-17-34-52)53-35-18-9-19-36-53/h3-48H,2H2,1H3/b26-3-. The number of fused-ring (bicyclic) bond motifs is 4. The Kier molecular flexibility index (Phi) is 10.8. The predicted molar refractivity (Wildman–Crippen MR) is 294 cm³/mol. The molecule has 2 aliphatic rings. The van der Waals surface area contributed by atoms with Crippen LogP contribution >= 0.6 is 0 Å². The van der Waals surface area contributed by atoms with E-state index in [4.69, 9.17) is 0 Å². The van der Waals surface area contributed by atoms with Crippen molar-refractivity contribution in [3.63, 3.8) is 0 Å². The molecule has 1 unspecified atom stereocenters. The lowest BCUT2D eigenvalue weighted by atomic mass is 9.66. The van der Waals surface area contributed by atoms with Gasteiger partial charge in [0, 0.05) is 22.4 Å². The summed E-state index contributed by atoms with van der Waals surface area (Å²) in [6.07, 6.45) is 6.51. The Morgan fingerprint density at radius 2 is 0.786 bits per heavy atom. The highest BCUT2D eigenvalue weighted by Crippen LogP contribution is 2.62. The van der Waals surface area contributed by atoms with E-state index < -0.39 is 10.8 Å². The van der Waals surface area contributed by atoms with Crippen LogP contribution in [0.3, 0.4) is 0 Å². The molecule has 332 valence electrons. The Labute approximate surface area is 412 Å². The molecule has 0 aromatic heterocycles. The van der Waals surface area contributed by atoms with Crippen molar-refractivity contribution in [2.45, 2.75) is 17.8 Å². The van der Waals surface area contributed by atoms with E-state index in [0.717, 1.165) is 44.9 Å². The van der Waals surface area contributed by atoms with Crippen LogP contribution in [0.2, 0.25) is 0 Å². The molecule has 10 aromatic rings. The molecule has 0 heterocycles. The minimum Gasteiger partial charge on any atom is -0.309 e. The highest BCUT2D eigenvalue weighted by molar-refractivity contribution is 6.01. The maximum absolute atomic E-state index is 4.40. The van der Waals surface area contributed by atoms with Gasteiger partial charge >= 0.3 is 0 Å². The molecule has 0 N–H and O–H groups in total. The fourth-order valence-corrected chi connectivity index (χ4v) is 12.0. The zero-order chi connectivity index (χ0) is 47.1. The minimum atomic E-state index is -0.657. The fourth-order valence-electron chi connectivity index (χ4n) is 12.0. The SMILES string of the molecule is C=CC1=C(/C=C\C)C(c2ccccc2)(c2ccc(N(c3cccc4c3C(c3ccccc3)(c3ccccc3)c3ccccc3-4)c3c(-c4ccccc4)cccc3-c3ccccc3)cc2)c2ccccc21. The van der Waals surface area contributed by atoms with Crippen LogP contribution in [0.5, 0.6) is 0 Å². The highest BCUT2D eigenvalue weighted by atomic mass is 15.2. The molecule has 1 heteroatoms. The lowest BCUT2D eigenvalue weighted by molar-refractivity contribution is 0.761. The van der Waals surface area contributed by atoms with Crippen molar-refractivity contribution in [3.8, 4) is 33.4 Å². The summed E-state index contributed by atoms with van der Waals surface area (Å²) in [5.74, 6) is 0. The van der Waals surface area contributed by atoms with Crippen molar-refractivity contribution in [1.82, 2.24) is 0 Å². The van der Waals surface area contributed by atoms with Gasteiger partial charge in [-0.2, -0.15) is 0 Å². The maximum Gasteiger partial charge on any atom is 0.0734 e. The topological polar surface area (TPSA) is 3.24 Å². The van der Waals surface area contributed by atoms with Crippen LogP contribution in [0, 0.1) is 0 Å². The molecule has 12 rings (SSSR count). The molecule has 0 amide bonds. The smallest absolute Gasteiger partial charge is 0.0734 e. The van der Waals surface area contributed by atoms with Gasteiger partial charge < -0.3 is 4.90 Å². The van der Waals surface area contributed by atoms with Crippen LogP contribution in [0.4, 0.5) is 17.1 Å². The van der Waals surface area contributed by atoms with Crippen molar-refractivity contribution >= 4 is 22.6 Å². The third kappa shape index (κ3) is 6.46. The summed E-state index contributed by atoms with van der Waals surface area (Å²) in [6.45, 7) is 6.51. The predicted octanol–water partition coefficient (Wildman–Crippen LogP) is 17.7. The molecule has 10 aromatic carbocycles. The Morgan fingerprint density at radius 1 is 0.371 bits per heavy atom. The number of benzene rings is 10. The molecular weight excluding hydrogens is 843 g/mol. The van der Waals surface area contributed by atoms with Crippen LogP contribution in [0.15, 0.2) is 291 Å². The molecule has 0 spiro atoms. The second kappa shape index (κ2) is 17.7. The average molecular weight is 894 g/mol. The number of anilines is 3. The van der Waals surface area contributed by atoms with Crippen LogP contribution < -0.4 is 4.90 Å². The third-order valence-electron chi connectivity index (χ3n) is 14.7. The Bertz CT molecular complexity index is 3490. The summed E-state index contributed by atoms with van der Waals surface area (Å²) in [5, 5.41) is 0. The normalized spacial score (nSPS) is 15.3. The van der Waals surface area contributed by atoms with Gasteiger partial charge in [0.1, 0.15) is 0 Å². The van der Waals surface area contributed by atoms with Gasteiger partial charge in [0.2, 0.25) is 0 Å². The van der Waals surface area contributed by atoms with Gasteiger partial charge in [-0.15, -0.1) is 0 Å². The zero-order valence-corrected chi connectivity index (χ0v) is 39.2. The molecule has 1 nitrogen and oxygen atoms in total. The van der Waals surface area contributed by atoms with Crippen LogP contribution in [0.1, 0.15) is 51.4 Å². The monoisotopic (exact) mass is 893 g/mol. The summed E-state index contributed by atoms with van der Waals surface area (Å²) in [4.78, 5) is 2.58. The van der Waals surface area contributed by atoms with Gasteiger partial charge in [0.15, 0.2) is 0 Å². The molecular formula is C69H51N. The summed E-state index contributed by atoms with van der Waals surface area (Å²) in [5.41, 5.74) is 21.3. The van der Waals surface area contributed by atoms with Crippen molar-refractivity contribution in [1.29, 1.82) is 0 Å². The number of para-hydroxylation sites is 1. The number of hydrogen-bond donors (Lipinski definition) is 0. The van der Waals surface area contributed by atoms with E-state index in [1.54, 1.807) is 0 Å². The Hall–Kier alpha value is -8.78. The van der Waals surface area contributed by atoms with Gasteiger partial charge in [0.05, 0.1) is 22.2 Å². The van der Waals surface area contributed by atoms with E-state index in [1.807, 2.05) is 6.08 Å². The van der Waals surface area contributed by atoms with Gasteiger partial charge in [-0.25, -0.2) is 0 Å². The van der Waals surface area contributed by atoms with Crippen LogP contribution in [-0.4, -0.2) is 0 Å². The molecule has 2 aliphatic carbocycles. The molecule has 1 atom stereocenters. The molecule has 0 aliphatic heterocycles. The molecule has 70 heavy (non-hydrogen) atoms. The average Bonchev–Trinajstić information content (AvgIpc) is 3.91. The van der Waals surface area contributed by atoms with E-state index >= 15 is 0 Å². The first-order chi connectivity index (χ1) is 34.7. The van der Waals surface area contributed by atoms with E-state index in [2.05, 4.69) is 291 Å². The molecule has 0 radical (unpaired) electrons. The van der Waals surface area contributed by atoms with Gasteiger partial charge in [-0.1, -0.05) is 267 Å². The Morgan fingerprint density at radius 3 is 1.31 bits per heavy atom. The van der Waals surface area contributed by atoms with E-state index in [1.165, 1.54) is 61.2 Å². The van der Waals surface area contributed by atoms with Crippen molar-refractivity contribution in [3.05, 3.63) is 336 Å². The quantitative estimate of drug-likeness (QED) is 0.125. The highest BCUT2D eigenvalue weighted by Gasteiger charge is 2.49. The summed E-state index contributed by atoms with van der Waals surface area (Å²) in [7, 11) is 0. The third-order valence-corrected chi connectivity index (χ3v) is 14.7. The van der Waals surface area contributed by atoms with Crippen LogP contribution in [0.25, 0.3) is 39.0 Å². The van der Waals surface area contributed by atoms with E-state index in [0.29, 0.717) is 0 Å². The van der Waals surface area contributed by atoms with Crippen molar-refractivity contribution in [2.24, 2.45) is 0 Å². The second-order valence-corrected chi connectivity index (χ2v) is 18.2. The molecule has 0 bridgehead atoms. The molecule has 0 saturated heterocycles. The van der Waals surface area contributed by atoms with Crippen molar-refractivity contribution < 1.29 is 0 Å². The minimum absolute atomic E-state index is 0.597. The lowest BCUT2D eigenvalue weighted by Crippen LogP contribution is -2.31. The number of rotatable bonds is 11. The van der Waals surface area contributed by atoms with E-state index in [9.17, 15) is 0 Å². The lowest BCUT2D eigenvalue weighted by Gasteiger charge is -2.39. The first-order valence-electron chi connectivity index (χ1n) is 24.3.